The second-order valence-corrected chi connectivity index (χ2v) is 11.0. The number of ether oxygens (including phenoxy) is 2. The largest absolute Gasteiger partial charge is 0.416 e. The molecule has 0 spiro atoms. The van der Waals surface area contributed by atoms with E-state index in [2.05, 4.69) is 0 Å². The molecule has 5 atom stereocenters. The molecule has 0 saturated carbocycles. The molecule has 3 aliphatic heterocycles. The quantitative estimate of drug-likeness (QED) is 0.357. The van der Waals surface area contributed by atoms with Crippen LogP contribution in [0.4, 0.5) is 30.7 Å². The zero-order chi connectivity index (χ0) is 28.8. The SMILES string of the molecule is C[C@@H](O[C@H]1CN2C(=O)CC(C3CCOCC3)CC2[C@@H]1c1ccc(F)cc1)c1cc(C(F)(F)F)cc(C(F)(F)F)c1. The van der Waals surface area contributed by atoms with Crippen molar-refractivity contribution in [1.29, 1.82) is 0 Å². The van der Waals surface area contributed by atoms with Gasteiger partial charge in [-0.2, -0.15) is 26.3 Å². The number of hydrogen-bond acceptors (Lipinski definition) is 3. The second kappa shape index (κ2) is 11.0. The van der Waals surface area contributed by atoms with Crippen molar-refractivity contribution >= 4 is 5.91 Å². The topological polar surface area (TPSA) is 38.8 Å². The van der Waals surface area contributed by atoms with E-state index >= 15 is 0 Å². The van der Waals surface area contributed by atoms with E-state index in [1.54, 1.807) is 17.0 Å². The predicted octanol–water partition coefficient (Wildman–Crippen LogP) is 7.14. The molecule has 3 fully saturated rings. The van der Waals surface area contributed by atoms with Gasteiger partial charge in [0.15, 0.2) is 0 Å². The van der Waals surface area contributed by atoms with Gasteiger partial charge in [0, 0.05) is 38.1 Å². The highest BCUT2D eigenvalue weighted by molar-refractivity contribution is 5.78. The molecular weight excluding hydrogens is 543 g/mol. The molecule has 4 nitrogen and oxygen atoms in total. The second-order valence-electron chi connectivity index (χ2n) is 11.0. The van der Waals surface area contributed by atoms with Gasteiger partial charge in [0.05, 0.1) is 23.3 Å². The number of alkyl halides is 6. The van der Waals surface area contributed by atoms with Gasteiger partial charge in [-0.15, -0.1) is 0 Å². The minimum atomic E-state index is -4.98. The zero-order valence-corrected chi connectivity index (χ0v) is 21.8. The van der Waals surface area contributed by atoms with Crippen LogP contribution in [0.25, 0.3) is 0 Å². The van der Waals surface area contributed by atoms with E-state index in [-0.39, 0.29) is 36.0 Å². The van der Waals surface area contributed by atoms with Crippen LogP contribution in [0.3, 0.4) is 0 Å². The third-order valence-corrected chi connectivity index (χ3v) is 8.54. The fourth-order valence-corrected chi connectivity index (χ4v) is 6.53. The fraction of sp³-hybridized carbons (Fsp3) is 0.552. The number of fused-ring (bicyclic) bond motifs is 1. The van der Waals surface area contributed by atoms with Gasteiger partial charge in [-0.05, 0) is 79.5 Å². The van der Waals surface area contributed by atoms with E-state index in [9.17, 15) is 35.5 Å². The molecular formula is C29H30F7NO3. The summed E-state index contributed by atoms with van der Waals surface area (Å²) in [6, 6.07) is 6.91. The molecule has 11 heteroatoms. The van der Waals surface area contributed by atoms with Gasteiger partial charge in [-0.3, -0.25) is 4.79 Å². The number of rotatable bonds is 5. The highest BCUT2D eigenvalue weighted by Crippen LogP contribution is 2.47. The van der Waals surface area contributed by atoms with Crippen LogP contribution in [0, 0.1) is 17.7 Å². The van der Waals surface area contributed by atoms with Crippen molar-refractivity contribution in [2.75, 3.05) is 19.8 Å². The summed E-state index contributed by atoms with van der Waals surface area (Å²) in [6.07, 6.45) is -9.08. The number of carbonyl (C=O) groups is 1. The molecule has 0 aromatic heterocycles. The Hall–Kier alpha value is -2.66. The number of hydrogen-bond donors (Lipinski definition) is 0. The Morgan fingerprint density at radius 3 is 2.10 bits per heavy atom. The Bertz CT molecular complexity index is 1180. The Labute approximate surface area is 227 Å². The maximum atomic E-state index is 13.8. The monoisotopic (exact) mass is 573 g/mol. The van der Waals surface area contributed by atoms with Crippen LogP contribution >= 0.6 is 0 Å². The van der Waals surface area contributed by atoms with E-state index in [0.717, 1.165) is 12.8 Å². The summed E-state index contributed by atoms with van der Waals surface area (Å²) in [6.45, 7) is 2.80. The predicted molar refractivity (Wildman–Crippen MR) is 131 cm³/mol. The molecule has 2 aromatic carbocycles. The van der Waals surface area contributed by atoms with Crippen LogP contribution in [0.15, 0.2) is 42.5 Å². The molecule has 218 valence electrons. The lowest BCUT2D eigenvalue weighted by atomic mass is 9.74. The Kier molecular flexibility index (Phi) is 7.91. The molecule has 40 heavy (non-hydrogen) atoms. The molecule has 2 unspecified atom stereocenters. The summed E-state index contributed by atoms with van der Waals surface area (Å²) in [7, 11) is 0. The first-order chi connectivity index (χ1) is 18.8. The molecule has 3 heterocycles. The van der Waals surface area contributed by atoms with Crippen molar-refractivity contribution in [3.63, 3.8) is 0 Å². The van der Waals surface area contributed by atoms with E-state index in [1.165, 1.54) is 19.1 Å². The number of carbonyl (C=O) groups excluding carboxylic acids is 1. The molecule has 2 aromatic rings. The lowest BCUT2D eigenvalue weighted by Crippen LogP contribution is -2.46. The van der Waals surface area contributed by atoms with Crippen molar-refractivity contribution in [3.8, 4) is 0 Å². The lowest BCUT2D eigenvalue weighted by Gasteiger charge is -2.41. The fourth-order valence-electron chi connectivity index (χ4n) is 6.53. The maximum Gasteiger partial charge on any atom is 0.416 e. The van der Waals surface area contributed by atoms with Crippen LogP contribution in [0.1, 0.15) is 66.9 Å². The van der Waals surface area contributed by atoms with Crippen LogP contribution in [-0.2, 0) is 26.6 Å². The summed E-state index contributed by atoms with van der Waals surface area (Å²) < 4.78 is 106. The van der Waals surface area contributed by atoms with Crippen molar-refractivity contribution in [2.24, 2.45) is 11.8 Å². The van der Waals surface area contributed by atoms with Crippen LogP contribution in [0.5, 0.6) is 0 Å². The zero-order valence-electron chi connectivity index (χ0n) is 21.8. The molecule has 0 aliphatic carbocycles. The first kappa shape index (κ1) is 28.9. The molecule has 3 saturated heterocycles. The smallest absolute Gasteiger partial charge is 0.381 e. The number of halogens is 7. The van der Waals surface area contributed by atoms with Crippen molar-refractivity contribution in [1.82, 2.24) is 4.90 Å². The Morgan fingerprint density at radius 2 is 1.52 bits per heavy atom. The first-order valence-corrected chi connectivity index (χ1v) is 13.4. The van der Waals surface area contributed by atoms with Gasteiger partial charge < -0.3 is 14.4 Å². The molecule has 0 N–H and O–H groups in total. The third-order valence-electron chi connectivity index (χ3n) is 8.54. The van der Waals surface area contributed by atoms with Crippen molar-refractivity contribution in [3.05, 3.63) is 70.5 Å². The maximum absolute atomic E-state index is 13.8. The van der Waals surface area contributed by atoms with E-state index in [4.69, 9.17) is 9.47 Å². The standard InChI is InChI=1S/C29H30F7NO3/c1-16(19-10-21(28(31,32)33)14-22(11-19)29(34,35)36)40-25-15-37-24(27(25)18-2-4-23(30)5-3-18)12-20(13-26(37)38)17-6-8-39-9-7-17/h2-5,10-11,14,16-17,20,24-25,27H,6-9,12-13,15H2,1H3/t16-,20?,24?,25+,27+/m1/s1. The lowest BCUT2D eigenvalue weighted by molar-refractivity contribution is -0.143. The van der Waals surface area contributed by atoms with Gasteiger partial charge in [0.25, 0.3) is 0 Å². The summed E-state index contributed by atoms with van der Waals surface area (Å²) in [5, 5.41) is 0. The molecule has 0 radical (unpaired) electrons. The third kappa shape index (κ3) is 6.00. The average Bonchev–Trinajstić information content (AvgIpc) is 3.26. The average molecular weight is 574 g/mol. The molecule has 0 bridgehead atoms. The Balaban J connectivity index is 1.46. The van der Waals surface area contributed by atoms with Gasteiger partial charge in [0.2, 0.25) is 5.91 Å². The highest BCUT2D eigenvalue weighted by Gasteiger charge is 2.50. The van der Waals surface area contributed by atoms with Gasteiger partial charge >= 0.3 is 12.4 Å². The summed E-state index contributed by atoms with van der Waals surface area (Å²) in [5.41, 5.74) is -2.40. The van der Waals surface area contributed by atoms with Crippen LogP contribution < -0.4 is 0 Å². The molecule has 1 amide bonds. The number of amides is 1. The Morgan fingerprint density at radius 1 is 0.925 bits per heavy atom. The van der Waals surface area contributed by atoms with Crippen LogP contribution in [-0.4, -0.2) is 42.7 Å². The summed E-state index contributed by atoms with van der Waals surface area (Å²) in [4.78, 5) is 15.0. The summed E-state index contributed by atoms with van der Waals surface area (Å²) >= 11 is 0. The van der Waals surface area contributed by atoms with E-state index in [1.807, 2.05) is 0 Å². The van der Waals surface area contributed by atoms with Gasteiger partial charge in [-0.1, -0.05) is 12.1 Å². The number of piperidine rings is 1. The molecule has 3 aliphatic rings. The van der Waals surface area contributed by atoms with Gasteiger partial charge in [-0.25, -0.2) is 4.39 Å². The normalized spacial score (nSPS) is 27.1. The first-order valence-electron chi connectivity index (χ1n) is 13.4. The van der Waals surface area contributed by atoms with Gasteiger partial charge in [0.1, 0.15) is 5.82 Å². The minimum Gasteiger partial charge on any atom is -0.381 e. The van der Waals surface area contributed by atoms with E-state index < -0.39 is 47.4 Å². The van der Waals surface area contributed by atoms with Crippen LogP contribution in [0.2, 0.25) is 0 Å². The number of nitrogens with zero attached hydrogens (tertiary/aromatic N) is 1. The highest BCUT2D eigenvalue weighted by atomic mass is 19.4. The van der Waals surface area contributed by atoms with E-state index in [0.29, 0.717) is 49.7 Å². The number of benzene rings is 2. The minimum absolute atomic E-state index is 0.0583. The summed E-state index contributed by atoms with van der Waals surface area (Å²) in [5.74, 6) is -0.500. The van der Waals surface area contributed by atoms with Crippen molar-refractivity contribution < 1.29 is 45.0 Å². The van der Waals surface area contributed by atoms with Crippen molar-refractivity contribution in [2.45, 2.75) is 69.1 Å². The molecule has 5 rings (SSSR count).